The third kappa shape index (κ3) is 7.68. The SMILES string of the molecule is COCCN1CCc2c(cccc2NCC(=O)N(CCN(C)C)Cc2ccccc2C(F)(F)F)C1. The van der Waals surface area contributed by atoms with Gasteiger partial charge in [0.25, 0.3) is 0 Å². The van der Waals surface area contributed by atoms with Crippen molar-refractivity contribution in [3.05, 3.63) is 64.7 Å². The van der Waals surface area contributed by atoms with Gasteiger partial charge in [0, 0.05) is 52.1 Å². The predicted octanol–water partition coefficient (Wildman–Crippen LogP) is 3.71. The first-order chi connectivity index (χ1) is 16.7. The number of carbonyl (C=O) groups is 1. The number of ether oxygens (including phenoxy) is 1. The fourth-order valence-corrected chi connectivity index (χ4v) is 4.28. The van der Waals surface area contributed by atoms with E-state index in [4.69, 9.17) is 4.74 Å². The highest BCUT2D eigenvalue weighted by molar-refractivity contribution is 5.81. The van der Waals surface area contributed by atoms with Crippen LogP contribution in [0.5, 0.6) is 0 Å². The van der Waals surface area contributed by atoms with Gasteiger partial charge in [0.1, 0.15) is 0 Å². The van der Waals surface area contributed by atoms with Crippen LogP contribution in [0.15, 0.2) is 42.5 Å². The Hall–Kier alpha value is -2.62. The summed E-state index contributed by atoms with van der Waals surface area (Å²) in [6.45, 7) is 4.10. The maximum absolute atomic E-state index is 13.5. The molecule has 6 nitrogen and oxygen atoms in total. The molecule has 1 N–H and O–H groups in total. The van der Waals surface area contributed by atoms with E-state index in [2.05, 4.69) is 16.3 Å². The van der Waals surface area contributed by atoms with Crippen molar-refractivity contribution in [1.82, 2.24) is 14.7 Å². The molecule has 0 spiro atoms. The molecule has 0 saturated carbocycles. The first kappa shape index (κ1) is 27.0. The van der Waals surface area contributed by atoms with Gasteiger partial charge in [-0.25, -0.2) is 0 Å². The minimum Gasteiger partial charge on any atom is -0.383 e. The number of amides is 1. The smallest absolute Gasteiger partial charge is 0.383 e. The van der Waals surface area contributed by atoms with Gasteiger partial charge in [0.15, 0.2) is 0 Å². The van der Waals surface area contributed by atoms with E-state index in [0.717, 1.165) is 37.8 Å². The van der Waals surface area contributed by atoms with E-state index in [0.29, 0.717) is 19.7 Å². The Kier molecular flexibility index (Phi) is 9.54. The highest BCUT2D eigenvalue weighted by Crippen LogP contribution is 2.32. The van der Waals surface area contributed by atoms with Crippen LogP contribution in [0, 0.1) is 0 Å². The number of carbonyl (C=O) groups excluding carboxylic acids is 1. The summed E-state index contributed by atoms with van der Waals surface area (Å²) < 4.78 is 45.7. The molecule has 0 saturated heterocycles. The number of hydrogen-bond acceptors (Lipinski definition) is 5. The predicted molar refractivity (Wildman–Crippen MR) is 131 cm³/mol. The van der Waals surface area contributed by atoms with Crippen LogP contribution in [0.4, 0.5) is 18.9 Å². The van der Waals surface area contributed by atoms with Crippen LogP contribution in [0.2, 0.25) is 0 Å². The second kappa shape index (κ2) is 12.4. The molecule has 0 unspecified atom stereocenters. The Balaban J connectivity index is 1.71. The van der Waals surface area contributed by atoms with E-state index < -0.39 is 11.7 Å². The molecule has 35 heavy (non-hydrogen) atoms. The van der Waals surface area contributed by atoms with E-state index >= 15 is 0 Å². The first-order valence-corrected chi connectivity index (χ1v) is 11.8. The molecule has 1 aliphatic rings. The van der Waals surface area contributed by atoms with Crippen molar-refractivity contribution in [3.63, 3.8) is 0 Å². The second-order valence-electron chi connectivity index (χ2n) is 9.09. The number of hydrogen-bond donors (Lipinski definition) is 1. The van der Waals surface area contributed by atoms with Gasteiger partial charge in [-0.15, -0.1) is 0 Å². The largest absolute Gasteiger partial charge is 0.416 e. The van der Waals surface area contributed by atoms with Crippen LogP contribution >= 0.6 is 0 Å². The van der Waals surface area contributed by atoms with Crippen LogP contribution in [0.25, 0.3) is 0 Å². The Bertz CT molecular complexity index is 981. The molecule has 2 aromatic carbocycles. The van der Waals surface area contributed by atoms with Gasteiger partial charge in [-0.05, 0) is 49.3 Å². The van der Waals surface area contributed by atoms with Gasteiger partial charge in [-0.1, -0.05) is 30.3 Å². The molecule has 0 radical (unpaired) electrons. The van der Waals surface area contributed by atoms with Gasteiger partial charge in [0.2, 0.25) is 5.91 Å². The third-order valence-corrected chi connectivity index (χ3v) is 6.24. The monoisotopic (exact) mass is 492 g/mol. The number of rotatable bonds is 11. The number of alkyl halides is 3. The number of fused-ring (bicyclic) bond motifs is 1. The number of benzene rings is 2. The number of likely N-dealkylation sites (N-methyl/N-ethyl adjacent to an activating group) is 1. The number of anilines is 1. The summed E-state index contributed by atoms with van der Waals surface area (Å²) in [4.78, 5) is 18.9. The van der Waals surface area contributed by atoms with Crippen LogP contribution in [-0.2, 0) is 35.2 Å². The summed E-state index contributed by atoms with van der Waals surface area (Å²) in [6.07, 6.45) is -3.61. The highest BCUT2D eigenvalue weighted by Gasteiger charge is 2.33. The van der Waals surface area contributed by atoms with E-state index in [1.807, 2.05) is 31.1 Å². The van der Waals surface area contributed by atoms with Crippen molar-refractivity contribution in [1.29, 1.82) is 0 Å². The fourth-order valence-electron chi connectivity index (χ4n) is 4.28. The van der Waals surface area contributed by atoms with Crippen LogP contribution < -0.4 is 5.32 Å². The number of halogens is 3. The molecular weight excluding hydrogens is 457 g/mol. The molecule has 2 aromatic rings. The summed E-state index contributed by atoms with van der Waals surface area (Å²) in [7, 11) is 5.44. The summed E-state index contributed by atoms with van der Waals surface area (Å²) in [5.41, 5.74) is 2.71. The number of nitrogens with zero attached hydrogens (tertiary/aromatic N) is 3. The molecular formula is C26H35F3N4O2. The lowest BCUT2D eigenvalue weighted by molar-refractivity contribution is -0.139. The van der Waals surface area contributed by atoms with Gasteiger partial charge < -0.3 is 19.9 Å². The zero-order valence-corrected chi connectivity index (χ0v) is 20.7. The first-order valence-electron chi connectivity index (χ1n) is 11.8. The summed E-state index contributed by atoms with van der Waals surface area (Å²) >= 11 is 0. The van der Waals surface area contributed by atoms with E-state index in [9.17, 15) is 18.0 Å². The van der Waals surface area contributed by atoms with Crippen molar-refractivity contribution in [3.8, 4) is 0 Å². The van der Waals surface area contributed by atoms with Crippen LogP contribution in [0.3, 0.4) is 0 Å². The van der Waals surface area contributed by atoms with Crippen molar-refractivity contribution in [2.75, 3.05) is 65.9 Å². The average molecular weight is 493 g/mol. The maximum Gasteiger partial charge on any atom is 0.416 e. The van der Waals surface area contributed by atoms with Crippen LogP contribution in [-0.4, -0.2) is 81.1 Å². The highest BCUT2D eigenvalue weighted by atomic mass is 19.4. The topological polar surface area (TPSA) is 48.1 Å². The Morgan fingerprint density at radius 3 is 2.60 bits per heavy atom. The summed E-state index contributed by atoms with van der Waals surface area (Å²) in [6, 6.07) is 11.5. The quantitative estimate of drug-likeness (QED) is 0.518. The zero-order valence-electron chi connectivity index (χ0n) is 20.7. The van der Waals surface area contributed by atoms with E-state index in [1.165, 1.54) is 28.2 Å². The molecule has 1 amide bonds. The third-order valence-electron chi connectivity index (χ3n) is 6.24. The zero-order chi connectivity index (χ0) is 25.4. The molecule has 0 bridgehead atoms. The van der Waals surface area contributed by atoms with Crippen LogP contribution in [0.1, 0.15) is 22.3 Å². The molecule has 0 aliphatic carbocycles. The number of methoxy groups -OCH3 is 1. The second-order valence-corrected chi connectivity index (χ2v) is 9.09. The lowest BCUT2D eigenvalue weighted by atomic mass is 9.97. The van der Waals surface area contributed by atoms with Gasteiger partial charge in [-0.3, -0.25) is 9.69 Å². The summed E-state index contributed by atoms with van der Waals surface area (Å²) in [5, 5.41) is 3.26. The van der Waals surface area contributed by atoms with Crippen molar-refractivity contribution in [2.24, 2.45) is 0 Å². The Labute approximate surface area is 205 Å². The van der Waals surface area contributed by atoms with E-state index in [-0.39, 0.29) is 24.6 Å². The Morgan fingerprint density at radius 1 is 1.11 bits per heavy atom. The molecule has 192 valence electrons. The minimum absolute atomic E-state index is 0.0193. The molecule has 1 heterocycles. The van der Waals surface area contributed by atoms with Gasteiger partial charge in [0.05, 0.1) is 18.7 Å². The lowest BCUT2D eigenvalue weighted by Crippen LogP contribution is -2.40. The summed E-state index contributed by atoms with van der Waals surface area (Å²) in [5.74, 6) is -0.237. The molecule has 0 aromatic heterocycles. The Morgan fingerprint density at radius 2 is 1.89 bits per heavy atom. The minimum atomic E-state index is -4.47. The van der Waals surface area contributed by atoms with Crippen molar-refractivity contribution >= 4 is 11.6 Å². The van der Waals surface area contributed by atoms with E-state index in [1.54, 1.807) is 13.2 Å². The molecule has 3 rings (SSSR count). The van der Waals surface area contributed by atoms with Crippen molar-refractivity contribution < 1.29 is 22.7 Å². The molecule has 1 aliphatic heterocycles. The molecule has 0 fully saturated rings. The molecule has 0 atom stereocenters. The van der Waals surface area contributed by atoms with Gasteiger partial charge in [-0.2, -0.15) is 13.2 Å². The normalized spacial score (nSPS) is 14.1. The maximum atomic E-state index is 13.5. The van der Waals surface area contributed by atoms with Gasteiger partial charge >= 0.3 is 6.18 Å². The average Bonchev–Trinajstić information content (AvgIpc) is 2.83. The standard InChI is InChI=1S/C26H35F3N4O2/c1-31(2)13-14-33(19-21-7-4-5-9-23(21)26(27,28)29)25(34)17-30-24-10-6-8-20-18-32(15-16-35-3)12-11-22(20)24/h4-10,30H,11-19H2,1-3H3. The van der Waals surface area contributed by atoms with Crippen molar-refractivity contribution in [2.45, 2.75) is 25.7 Å². The molecule has 9 heteroatoms. The fraction of sp³-hybridized carbons (Fsp3) is 0.500. The lowest BCUT2D eigenvalue weighted by Gasteiger charge is -2.30. The number of nitrogens with one attached hydrogen (secondary N) is 1.